The summed E-state index contributed by atoms with van der Waals surface area (Å²) in [5, 5.41) is 9.06. The van der Waals surface area contributed by atoms with Crippen molar-refractivity contribution in [2.75, 3.05) is 5.32 Å². The van der Waals surface area contributed by atoms with E-state index in [4.69, 9.17) is 16.5 Å². The molecule has 0 saturated heterocycles. The van der Waals surface area contributed by atoms with Gasteiger partial charge in [-0.2, -0.15) is 5.10 Å². The van der Waals surface area contributed by atoms with Gasteiger partial charge in [0, 0.05) is 35.9 Å². The van der Waals surface area contributed by atoms with Crippen LogP contribution in [0.4, 0.5) is 5.95 Å². The molecule has 7 nitrogen and oxygen atoms in total. The van der Waals surface area contributed by atoms with Crippen molar-refractivity contribution in [1.29, 1.82) is 0 Å². The van der Waals surface area contributed by atoms with E-state index < -0.39 is 5.66 Å². The van der Waals surface area contributed by atoms with Gasteiger partial charge in [-0.3, -0.25) is 4.68 Å². The minimum atomic E-state index is -0.532. The molecule has 1 fully saturated rings. The van der Waals surface area contributed by atoms with Gasteiger partial charge in [-0.1, -0.05) is 19.9 Å². The fraction of sp³-hybridized carbons (Fsp3) is 0.450. The van der Waals surface area contributed by atoms with Gasteiger partial charge in [0.1, 0.15) is 0 Å². The second-order valence-electron chi connectivity index (χ2n) is 7.94. The molecule has 0 radical (unpaired) electrons. The normalized spacial score (nSPS) is 22.7. The fourth-order valence-electron chi connectivity index (χ4n) is 4.09. The van der Waals surface area contributed by atoms with E-state index in [-0.39, 0.29) is 6.04 Å². The first kappa shape index (κ1) is 17.9. The standard InChI is InChI=1S/C20H27N7/c1-12(2)18-15-10-13(4-5-17(15)26-27(18)3)16-7-9-23-19(24-16)25-20(22)8-6-14(21)11-20/h4-5,7,9-10,12,14H,6,8,11,21-22H2,1-3H3,(H,23,24,25)/t14-,20+/m0/s1. The minimum Gasteiger partial charge on any atom is -0.336 e. The molecule has 27 heavy (non-hydrogen) atoms. The average molecular weight is 365 g/mol. The maximum atomic E-state index is 6.42. The predicted molar refractivity (Wildman–Crippen MR) is 108 cm³/mol. The van der Waals surface area contributed by atoms with Crippen LogP contribution in [-0.2, 0) is 7.05 Å². The molecule has 142 valence electrons. The topological polar surface area (TPSA) is 108 Å². The van der Waals surface area contributed by atoms with Crippen LogP contribution in [0.5, 0.6) is 0 Å². The van der Waals surface area contributed by atoms with Crippen LogP contribution in [0.2, 0.25) is 0 Å². The summed E-state index contributed by atoms with van der Waals surface area (Å²) in [6.45, 7) is 4.37. The molecule has 0 unspecified atom stereocenters. The van der Waals surface area contributed by atoms with Gasteiger partial charge >= 0.3 is 0 Å². The number of benzene rings is 1. The van der Waals surface area contributed by atoms with Gasteiger partial charge in [-0.25, -0.2) is 9.97 Å². The summed E-state index contributed by atoms with van der Waals surface area (Å²) in [5.74, 6) is 0.931. The second kappa shape index (κ2) is 6.58. The van der Waals surface area contributed by atoms with Crippen molar-refractivity contribution in [3.8, 4) is 11.3 Å². The monoisotopic (exact) mass is 365 g/mol. The van der Waals surface area contributed by atoms with Crippen molar-refractivity contribution < 1.29 is 0 Å². The van der Waals surface area contributed by atoms with Gasteiger partial charge in [0.2, 0.25) is 5.95 Å². The fourth-order valence-corrected chi connectivity index (χ4v) is 4.09. The number of nitrogens with one attached hydrogen (secondary N) is 1. The molecule has 0 amide bonds. The Morgan fingerprint density at radius 3 is 2.81 bits per heavy atom. The number of aryl methyl sites for hydroxylation is 1. The number of fused-ring (bicyclic) bond motifs is 1. The van der Waals surface area contributed by atoms with E-state index in [1.165, 1.54) is 5.69 Å². The van der Waals surface area contributed by atoms with Gasteiger partial charge in [-0.15, -0.1) is 0 Å². The first-order chi connectivity index (χ1) is 12.8. The van der Waals surface area contributed by atoms with E-state index in [1.54, 1.807) is 6.20 Å². The van der Waals surface area contributed by atoms with Gasteiger partial charge in [0.15, 0.2) is 0 Å². The first-order valence-electron chi connectivity index (χ1n) is 9.47. The molecule has 1 aliphatic carbocycles. The Morgan fingerprint density at radius 1 is 1.30 bits per heavy atom. The summed E-state index contributed by atoms with van der Waals surface area (Å²) in [6, 6.07) is 8.31. The Hall–Kier alpha value is -2.51. The van der Waals surface area contributed by atoms with Crippen molar-refractivity contribution in [3.63, 3.8) is 0 Å². The highest BCUT2D eigenvalue weighted by molar-refractivity contribution is 5.86. The van der Waals surface area contributed by atoms with Crippen molar-refractivity contribution in [2.24, 2.45) is 18.5 Å². The third kappa shape index (κ3) is 3.40. The molecular formula is C20H27N7. The zero-order valence-corrected chi connectivity index (χ0v) is 16.1. The van der Waals surface area contributed by atoms with Gasteiger partial charge in [0.05, 0.1) is 16.9 Å². The summed E-state index contributed by atoms with van der Waals surface area (Å²) in [7, 11) is 1.99. The lowest BCUT2D eigenvalue weighted by Crippen LogP contribution is -2.46. The predicted octanol–water partition coefficient (Wildman–Crippen LogP) is 2.73. The van der Waals surface area contributed by atoms with E-state index in [1.807, 2.05) is 23.9 Å². The number of rotatable bonds is 4. The number of nitrogens with two attached hydrogens (primary N) is 2. The molecule has 1 aromatic carbocycles. The molecule has 0 bridgehead atoms. The third-order valence-corrected chi connectivity index (χ3v) is 5.33. The van der Waals surface area contributed by atoms with Crippen LogP contribution in [0.25, 0.3) is 22.2 Å². The van der Waals surface area contributed by atoms with E-state index >= 15 is 0 Å². The van der Waals surface area contributed by atoms with Crippen LogP contribution < -0.4 is 16.8 Å². The highest BCUT2D eigenvalue weighted by Crippen LogP contribution is 2.30. The molecule has 2 heterocycles. The Bertz CT molecular complexity index is 978. The van der Waals surface area contributed by atoms with Crippen LogP contribution in [-0.4, -0.2) is 31.5 Å². The Balaban J connectivity index is 1.68. The molecule has 1 aliphatic rings. The summed E-state index contributed by atoms with van der Waals surface area (Å²) in [5.41, 5.74) is 16.0. The molecule has 2 atom stereocenters. The van der Waals surface area contributed by atoms with Crippen LogP contribution >= 0.6 is 0 Å². The Labute approximate surface area is 159 Å². The van der Waals surface area contributed by atoms with Gasteiger partial charge < -0.3 is 16.8 Å². The molecule has 1 saturated carbocycles. The first-order valence-corrected chi connectivity index (χ1v) is 9.47. The summed E-state index contributed by atoms with van der Waals surface area (Å²) in [4.78, 5) is 9.05. The molecular weight excluding hydrogens is 338 g/mol. The lowest BCUT2D eigenvalue weighted by Gasteiger charge is -2.25. The molecule has 3 aromatic rings. The molecule has 0 aliphatic heterocycles. The summed E-state index contributed by atoms with van der Waals surface area (Å²) >= 11 is 0. The van der Waals surface area contributed by atoms with Crippen molar-refractivity contribution in [1.82, 2.24) is 19.7 Å². The maximum Gasteiger partial charge on any atom is 0.224 e. The quantitative estimate of drug-likeness (QED) is 0.614. The summed E-state index contributed by atoms with van der Waals surface area (Å²) < 4.78 is 1.97. The zero-order chi connectivity index (χ0) is 19.2. The van der Waals surface area contributed by atoms with E-state index in [0.717, 1.165) is 41.4 Å². The molecule has 4 rings (SSSR count). The summed E-state index contributed by atoms with van der Waals surface area (Å²) in [6.07, 6.45) is 4.22. The number of hydrogen-bond donors (Lipinski definition) is 3. The second-order valence-corrected chi connectivity index (χ2v) is 7.94. The molecule has 0 spiro atoms. The van der Waals surface area contributed by atoms with Gasteiger partial charge in [-0.05, 0) is 43.4 Å². The minimum absolute atomic E-state index is 0.133. The van der Waals surface area contributed by atoms with Crippen molar-refractivity contribution >= 4 is 16.9 Å². The van der Waals surface area contributed by atoms with E-state index in [9.17, 15) is 0 Å². The highest BCUT2D eigenvalue weighted by atomic mass is 15.3. The molecule has 5 N–H and O–H groups in total. The smallest absolute Gasteiger partial charge is 0.224 e. The third-order valence-electron chi connectivity index (χ3n) is 5.33. The Morgan fingerprint density at radius 2 is 2.11 bits per heavy atom. The zero-order valence-electron chi connectivity index (χ0n) is 16.1. The van der Waals surface area contributed by atoms with Crippen LogP contribution in [0.1, 0.15) is 44.7 Å². The number of hydrogen-bond acceptors (Lipinski definition) is 6. The van der Waals surface area contributed by atoms with Crippen LogP contribution in [0, 0.1) is 0 Å². The maximum absolute atomic E-state index is 6.42. The number of aromatic nitrogens is 4. The molecule has 2 aromatic heterocycles. The SMILES string of the molecule is CC(C)c1c2cc(-c3ccnc(N[C@]4(N)CC[C@H](N)C4)n3)ccc2nn1C. The number of nitrogens with zero attached hydrogens (tertiary/aromatic N) is 4. The van der Waals surface area contributed by atoms with Crippen molar-refractivity contribution in [2.45, 2.75) is 50.7 Å². The van der Waals surface area contributed by atoms with Gasteiger partial charge in [0.25, 0.3) is 0 Å². The largest absolute Gasteiger partial charge is 0.336 e. The van der Waals surface area contributed by atoms with E-state index in [0.29, 0.717) is 11.9 Å². The highest BCUT2D eigenvalue weighted by Gasteiger charge is 2.34. The Kier molecular flexibility index (Phi) is 4.36. The lowest BCUT2D eigenvalue weighted by atomic mass is 10.0. The average Bonchev–Trinajstić information content (AvgIpc) is 3.12. The molecule has 7 heteroatoms. The number of anilines is 1. The van der Waals surface area contributed by atoms with E-state index in [2.05, 4.69) is 41.4 Å². The van der Waals surface area contributed by atoms with Crippen LogP contribution in [0.3, 0.4) is 0 Å². The lowest BCUT2D eigenvalue weighted by molar-refractivity contribution is 0.490. The van der Waals surface area contributed by atoms with Crippen LogP contribution in [0.15, 0.2) is 30.5 Å². The van der Waals surface area contributed by atoms with Crippen molar-refractivity contribution in [3.05, 3.63) is 36.2 Å².